The van der Waals surface area contributed by atoms with E-state index in [0.29, 0.717) is 26.2 Å². The molecule has 1 saturated heterocycles. The molecule has 2 rings (SSSR count). The molecular formula is C13H17ClF4N2O. The SMILES string of the molecule is Cl.OCC(F)(F)[C@H](c1ccc(F)c(F)c1)N1CCNCC1. The first-order valence-corrected chi connectivity index (χ1v) is 6.34. The number of aliphatic hydroxyl groups excluding tert-OH is 1. The normalized spacial score (nSPS) is 18.1. The van der Waals surface area contributed by atoms with Gasteiger partial charge < -0.3 is 10.4 Å². The van der Waals surface area contributed by atoms with Gasteiger partial charge in [-0.25, -0.2) is 17.6 Å². The first-order valence-electron chi connectivity index (χ1n) is 6.34. The zero-order chi connectivity index (χ0) is 14.8. The van der Waals surface area contributed by atoms with Crippen LogP contribution in [0, 0.1) is 11.6 Å². The van der Waals surface area contributed by atoms with Crippen LogP contribution in [0.2, 0.25) is 0 Å². The lowest BCUT2D eigenvalue weighted by molar-refractivity contribution is -0.118. The lowest BCUT2D eigenvalue weighted by Gasteiger charge is -2.38. The number of hydrogen-bond donors (Lipinski definition) is 2. The van der Waals surface area contributed by atoms with Crippen LogP contribution in [0.1, 0.15) is 11.6 Å². The number of nitrogens with one attached hydrogen (secondary N) is 1. The molecule has 1 fully saturated rings. The number of aliphatic hydroxyl groups is 1. The van der Waals surface area contributed by atoms with E-state index in [0.717, 1.165) is 18.2 Å². The third-order valence-corrected chi connectivity index (χ3v) is 3.39. The topological polar surface area (TPSA) is 35.5 Å². The van der Waals surface area contributed by atoms with E-state index >= 15 is 0 Å². The Labute approximate surface area is 126 Å². The first-order chi connectivity index (χ1) is 9.45. The van der Waals surface area contributed by atoms with Crippen molar-refractivity contribution in [2.75, 3.05) is 32.8 Å². The van der Waals surface area contributed by atoms with Crippen LogP contribution in [0.4, 0.5) is 17.6 Å². The van der Waals surface area contributed by atoms with Crippen LogP contribution >= 0.6 is 12.4 Å². The van der Waals surface area contributed by atoms with E-state index < -0.39 is 30.2 Å². The fourth-order valence-corrected chi connectivity index (χ4v) is 2.43. The highest BCUT2D eigenvalue weighted by molar-refractivity contribution is 5.85. The second kappa shape index (κ2) is 7.40. The highest BCUT2D eigenvalue weighted by atomic mass is 35.5. The van der Waals surface area contributed by atoms with Gasteiger partial charge in [0.15, 0.2) is 11.6 Å². The monoisotopic (exact) mass is 328 g/mol. The molecule has 3 nitrogen and oxygen atoms in total. The Morgan fingerprint density at radius 3 is 2.33 bits per heavy atom. The summed E-state index contributed by atoms with van der Waals surface area (Å²) in [6, 6.07) is 1.26. The zero-order valence-corrected chi connectivity index (χ0v) is 12.0. The second-order valence-electron chi connectivity index (χ2n) is 4.78. The Morgan fingerprint density at radius 1 is 1.19 bits per heavy atom. The van der Waals surface area contributed by atoms with Gasteiger partial charge in [0, 0.05) is 26.2 Å². The highest BCUT2D eigenvalue weighted by Crippen LogP contribution is 2.36. The Morgan fingerprint density at radius 2 is 1.81 bits per heavy atom. The maximum absolute atomic E-state index is 14.0. The molecular weight excluding hydrogens is 312 g/mol. The number of alkyl halides is 2. The minimum Gasteiger partial charge on any atom is -0.390 e. The van der Waals surface area contributed by atoms with Gasteiger partial charge in [-0.1, -0.05) is 6.07 Å². The lowest BCUT2D eigenvalue weighted by atomic mass is 9.98. The summed E-state index contributed by atoms with van der Waals surface area (Å²) in [6.45, 7) is 0.405. The summed E-state index contributed by atoms with van der Waals surface area (Å²) >= 11 is 0. The smallest absolute Gasteiger partial charge is 0.289 e. The van der Waals surface area contributed by atoms with Gasteiger partial charge in [0.1, 0.15) is 12.6 Å². The first kappa shape index (κ1) is 18.2. The molecule has 1 heterocycles. The van der Waals surface area contributed by atoms with Gasteiger partial charge in [-0.3, -0.25) is 4.90 Å². The standard InChI is InChI=1S/C13H16F4N2O.ClH/c14-10-2-1-9(7-11(10)15)12(13(16,17)8-20)19-5-3-18-4-6-19;/h1-2,7,12,18,20H,3-6,8H2;1H/t12-;/m0./s1. The van der Waals surface area contributed by atoms with Crippen molar-refractivity contribution in [1.29, 1.82) is 0 Å². The van der Waals surface area contributed by atoms with Crippen molar-refractivity contribution in [3.8, 4) is 0 Å². The van der Waals surface area contributed by atoms with Crippen molar-refractivity contribution in [2.24, 2.45) is 0 Å². The fraction of sp³-hybridized carbons (Fsp3) is 0.538. The van der Waals surface area contributed by atoms with Crippen LogP contribution in [-0.4, -0.2) is 48.7 Å². The maximum Gasteiger partial charge on any atom is 0.289 e. The van der Waals surface area contributed by atoms with Gasteiger partial charge in [0.25, 0.3) is 5.92 Å². The van der Waals surface area contributed by atoms with E-state index in [4.69, 9.17) is 5.11 Å². The van der Waals surface area contributed by atoms with Crippen LogP contribution in [0.15, 0.2) is 18.2 Å². The minimum atomic E-state index is -3.43. The predicted molar refractivity (Wildman–Crippen MR) is 72.8 cm³/mol. The molecule has 1 aromatic rings. The molecule has 0 saturated carbocycles. The highest BCUT2D eigenvalue weighted by Gasteiger charge is 2.44. The van der Waals surface area contributed by atoms with Crippen molar-refractivity contribution in [2.45, 2.75) is 12.0 Å². The third-order valence-electron chi connectivity index (χ3n) is 3.39. The maximum atomic E-state index is 14.0. The van der Waals surface area contributed by atoms with E-state index in [1.807, 2.05) is 0 Å². The van der Waals surface area contributed by atoms with Gasteiger partial charge >= 0.3 is 0 Å². The minimum absolute atomic E-state index is 0. The molecule has 0 aliphatic carbocycles. The summed E-state index contributed by atoms with van der Waals surface area (Å²) in [5.74, 6) is -5.68. The van der Waals surface area contributed by atoms with Gasteiger partial charge in [-0.15, -0.1) is 12.4 Å². The number of halogens is 5. The van der Waals surface area contributed by atoms with E-state index in [1.165, 1.54) is 4.90 Å². The van der Waals surface area contributed by atoms with E-state index in [1.54, 1.807) is 0 Å². The fourth-order valence-electron chi connectivity index (χ4n) is 2.43. The summed E-state index contributed by atoms with van der Waals surface area (Å²) in [5.41, 5.74) is -0.0372. The Bertz CT molecular complexity index is 469. The average Bonchev–Trinajstić information content (AvgIpc) is 2.44. The summed E-state index contributed by atoms with van der Waals surface area (Å²) in [6.07, 6.45) is 0. The molecule has 2 N–H and O–H groups in total. The van der Waals surface area contributed by atoms with Crippen molar-refractivity contribution in [1.82, 2.24) is 10.2 Å². The van der Waals surface area contributed by atoms with Gasteiger partial charge in [0.05, 0.1) is 0 Å². The molecule has 21 heavy (non-hydrogen) atoms. The predicted octanol–water partition coefficient (Wildman–Crippen LogP) is 1.96. The van der Waals surface area contributed by atoms with Gasteiger partial charge in [0.2, 0.25) is 0 Å². The molecule has 0 amide bonds. The lowest BCUT2D eigenvalue weighted by Crippen LogP contribution is -2.51. The molecule has 1 aromatic carbocycles. The van der Waals surface area contributed by atoms with E-state index in [-0.39, 0.29) is 18.0 Å². The molecule has 0 spiro atoms. The van der Waals surface area contributed by atoms with E-state index in [2.05, 4.69) is 5.32 Å². The van der Waals surface area contributed by atoms with Crippen molar-refractivity contribution in [3.05, 3.63) is 35.4 Å². The summed E-state index contributed by atoms with van der Waals surface area (Å²) < 4.78 is 54.2. The Kier molecular flexibility index (Phi) is 6.40. The third kappa shape index (κ3) is 4.06. The number of benzene rings is 1. The molecule has 0 radical (unpaired) electrons. The largest absolute Gasteiger partial charge is 0.390 e. The quantitative estimate of drug-likeness (QED) is 0.830. The molecule has 120 valence electrons. The number of hydrogen-bond acceptors (Lipinski definition) is 3. The molecule has 1 aliphatic rings. The second-order valence-corrected chi connectivity index (χ2v) is 4.78. The van der Waals surface area contributed by atoms with Crippen molar-refractivity contribution >= 4 is 12.4 Å². The van der Waals surface area contributed by atoms with Crippen LogP contribution in [-0.2, 0) is 0 Å². The van der Waals surface area contributed by atoms with Crippen molar-refractivity contribution in [3.63, 3.8) is 0 Å². The summed E-state index contributed by atoms with van der Waals surface area (Å²) in [7, 11) is 0. The van der Waals surface area contributed by atoms with Crippen LogP contribution in [0.3, 0.4) is 0 Å². The number of rotatable bonds is 4. The average molecular weight is 329 g/mol. The van der Waals surface area contributed by atoms with Crippen LogP contribution in [0.5, 0.6) is 0 Å². The van der Waals surface area contributed by atoms with E-state index in [9.17, 15) is 17.6 Å². The molecule has 8 heteroatoms. The Balaban J connectivity index is 0.00000220. The Hall–Kier alpha value is -0.890. The molecule has 1 aliphatic heterocycles. The zero-order valence-electron chi connectivity index (χ0n) is 11.2. The molecule has 0 unspecified atom stereocenters. The van der Waals surface area contributed by atoms with Gasteiger partial charge in [-0.2, -0.15) is 0 Å². The summed E-state index contributed by atoms with van der Waals surface area (Å²) in [4.78, 5) is 1.47. The number of nitrogens with zero attached hydrogens (tertiary/aromatic N) is 1. The van der Waals surface area contributed by atoms with Crippen LogP contribution < -0.4 is 5.32 Å². The molecule has 0 bridgehead atoms. The molecule has 1 atom stereocenters. The summed E-state index contributed by atoms with van der Waals surface area (Å²) in [5, 5.41) is 11.9. The van der Waals surface area contributed by atoms with Crippen molar-refractivity contribution < 1.29 is 22.7 Å². The number of piperazine rings is 1. The van der Waals surface area contributed by atoms with Crippen LogP contribution in [0.25, 0.3) is 0 Å². The molecule has 0 aromatic heterocycles. The van der Waals surface area contributed by atoms with Gasteiger partial charge in [-0.05, 0) is 17.7 Å².